The van der Waals surface area contributed by atoms with Gasteiger partial charge in [-0.1, -0.05) is 42.8 Å². The average molecular weight is 413 g/mol. The van der Waals surface area contributed by atoms with Crippen molar-refractivity contribution in [2.75, 3.05) is 26.0 Å². The number of urea groups is 1. The SMILES string of the molecule is CCc1ccc(NC(=O)N2CC(CC(=O)N(C)C)C(c3ccc(Cl)cc3)=N2)cc1. The van der Waals surface area contributed by atoms with Gasteiger partial charge in [0.05, 0.1) is 12.3 Å². The number of carbonyl (C=O) groups excluding carboxylic acids is 2. The number of halogens is 1. The predicted octanol–water partition coefficient (Wildman–Crippen LogP) is 4.25. The minimum Gasteiger partial charge on any atom is -0.349 e. The van der Waals surface area contributed by atoms with Gasteiger partial charge in [-0.05, 0) is 41.8 Å². The number of hydrazone groups is 1. The number of hydrogen-bond donors (Lipinski definition) is 1. The summed E-state index contributed by atoms with van der Waals surface area (Å²) < 4.78 is 0. The Morgan fingerprint density at radius 3 is 2.38 bits per heavy atom. The van der Waals surface area contributed by atoms with Crippen LogP contribution in [0.1, 0.15) is 24.5 Å². The molecule has 1 N–H and O–H groups in total. The summed E-state index contributed by atoms with van der Waals surface area (Å²) in [4.78, 5) is 26.6. The molecule has 1 heterocycles. The molecule has 2 aromatic rings. The second-order valence-corrected chi connectivity index (χ2v) is 7.68. The minimum atomic E-state index is -0.319. The molecule has 0 spiro atoms. The molecule has 1 unspecified atom stereocenters. The minimum absolute atomic E-state index is 0.00549. The third kappa shape index (κ3) is 5.15. The molecule has 0 radical (unpaired) electrons. The summed E-state index contributed by atoms with van der Waals surface area (Å²) in [5.74, 6) is -0.187. The van der Waals surface area contributed by atoms with Crippen molar-refractivity contribution in [3.05, 3.63) is 64.7 Å². The zero-order valence-electron chi connectivity index (χ0n) is 16.9. The molecule has 0 saturated heterocycles. The molecule has 152 valence electrons. The third-order valence-corrected chi connectivity index (χ3v) is 5.17. The molecule has 0 aromatic heterocycles. The number of nitrogens with zero attached hydrogens (tertiary/aromatic N) is 3. The molecule has 1 aliphatic rings. The molecule has 0 saturated carbocycles. The van der Waals surface area contributed by atoms with E-state index in [1.807, 2.05) is 36.4 Å². The van der Waals surface area contributed by atoms with Gasteiger partial charge in [-0.3, -0.25) is 4.79 Å². The smallest absolute Gasteiger partial charge is 0.342 e. The van der Waals surface area contributed by atoms with Crippen molar-refractivity contribution in [3.8, 4) is 0 Å². The van der Waals surface area contributed by atoms with Gasteiger partial charge in [-0.15, -0.1) is 0 Å². The molecule has 0 fully saturated rings. The number of hydrogen-bond acceptors (Lipinski definition) is 3. The highest BCUT2D eigenvalue weighted by Gasteiger charge is 2.33. The second kappa shape index (κ2) is 9.09. The maximum absolute atomic E-state index is 12.8. The maximum Gasteiger partial charge on any atom is 0.342 e. The Bertz CT molecular complexity index is 907. The highest BCUT2D eigenvalue weighted by Crippen LogP contribution is 2.25. The number of carbonyl (C=O) groups is 2. The summed E-state index contributed by atoms with van der Waals surface area (Å²) >= 11 is 6.00. The van der Waals surface area contributed by atoms with Crippen molar-refractivity contribution in [1.82, 2.24) is 9.91 Å². The summed E-state index contributed by atoms with van der Waals surface area (Å²) in [6.07, 6.45) is 1.22. The van der Waals surface area contributed by atoms with Crippen LogP contribution in [0.2, 0.25) is 5.02 Å². The van der Waals surface area contributed by atoms with Gasteiger partial charge in [0.1, 0.15) is 0 Å². The van der Waals surface area contributed by atoms with Crippen LogP contribution in [-0.4, -0.2) is 48.2 Å². The fourth-order valence-electron chi connectivity index (χ4n) is 3.16. The predicted molar refractivity (Wildman–Crippen MR) is 116 cm³/mol. The molecule has 1 atom stereocenters. The number of nitrogens with one attached hydrogen (secondary N) is 1. The first-order valence-electron chi connectivity index (χ1n) is 9.59. The van der Waals surface area contributed by atoms with Crippen molar-refractivity contribution in [2.45, 2.75) is 19.8 Å². The Morgan fingerprint density at radius 2 is 1.79 bits per heavy atom. The van der Waals surface area contributed by atoms with E-state index in [4.69, 9.17) is 11.6 Å². The van der Waals surface area contributed by atoms with E-state index in [-0.39, 0.29) is 24.3 Å². The molecule has 29 heavy (non-hydrogen) atoms. The molecule has 7 heteroatoms. The number of aryl methyl sites for hydroxylation is 1. The van der Waals surface area contributed by atoms with Crippen molar-refractivity contribution >= 4 is 34.9 Å². The van der Waals surface area contributed by atoms with Crippen LogP contribution >= 0.6 is 11.6 Å². The zero-order valence-corrected chi connectivity index (χ0v) is 17.6. The van der Waals surface area contributed by atoms with Gasteiger partial charge in [0.2, 0.25) is 5.91 Å². The van der Waals surface area contributed by atoms with E-state index in [9.17, 15) is 9.59 Å². The zero-order chi connectivity index (χ0) is 21.0. The molecule has 3 amide bonds. The quantitative estimate of drug-likeness (QED) is 0.797. The van der Waals surface area contributed by atoms with E-state index in [1.54, 1.807) is 31.1 Å². The molecule has 2 aromatic carbocycles. The lowest BCUT2D eigenvalue weighted by Crippen LogP contribution is -2.33. The van der Waals surface area contributed by atoms with Crippen LogP contribution < -0.4 is 5.32 Å². The number of amides is 3. The highest BCUT2D eigenvalue weighted by molar-refractivity contribution is 6.30. The van der Waals surface area contributed by atoms with Gasteiger partial charge in [0, 0.05) is 37.1 Å². The van der Waals surface area contributed by atoms with Gasteiger partial charge < -0.3 is 10.2 Å². The fourth-order valence-corrected chi connectivity index (χ4v) is 3.28. The monoisotopic (exact) mass is 412 g/mol. The van der Waals surface area contributed by atoms with E-state index >= 15 is 0 Å². The Morgan fingerprint density at radius 1 is 1.14 bits per heavy atom. The summed E-state index contributed by atoms with van der Waals surface area (Å²) in [6.45, 7) is 2.43. The van der Waals surface area contributed by atoms with Crippen molar-refractivity contribution < 1.29 is 9.59 Å². The Balaban J connectivity index is 1.79. The summed E-state index contributed by atoms with van der Waals surface area (Å²) in [5.41, 5.74) is 3.49. The van der Waals surface area contributed by atoms with E-state index in [0.29, 0.717) is 23.0 Å². The molecule has 0 aliphatic carbocycles. The molecule has 0 bridgehead atoms. The van der Waals surface area contributed by atoms with Gasteiger partial charge in [0.15, 0.2) is 0 Å². The standard InChI is InChI=1S/C22H25ClN4O2/c1-4-15-5-11-19(12-6-15)24-22(29)27-14-17(13-20(28)26(2)3)21(25-27)16-7-9-18(23)10-8-16/h5-12,17H,4,13-14H2,1-3H3,(H,24,29). The first kappa shape index (κ1) is 20.9. The van der Waals surface area contributed by atoms with Gasteiger partial charge in [-0.2, -0.15) is 5.10 Å². The van der Waals surface area contributed by atoms with Crippen LogP contribution in [0.15, 0.2) is 53.6 Å². The van der Waals surface area contributed by atoms with Gasteiger partial charge in [0.25, 0.3) is 0 Å². The Hall–Kier alpha value is -2.86. The van der Waals surface area contributed by atoms with E-state index in [2.05, 4.69) is 17.3 Å². The van der Waals surface area contributed by atoms with Crippen LogP contribution in [0.4, 0.5) is 10.5 Å². The van der Waals surface area contributed by atoms with Crippen LogP contribution in [0.3, 0.4) is 0 Å². The summed E-state index contributed by atoms with van der Waals surface area (Å²) in [5, 5.41) is 9.43. The van der Waals surface area contributed by atoms with E-state index in [1.165, 1.54) is 10.6 Å². The van der Waals surface area contributed by atoms with Gasteiger partial charge in [-0.25, -0.2) is 9.80 Å². The number of benzene rings is 2. The molecular weight excluding hydrogens is 388 g/mol. The van der Waals surface area contributed by atoms with Crippen LogP contribution in [-0.2, 0) is 11.2 Å². The largest absolute Gasteiger partial charge is 0.349 e. The highest BCUT2D eigenvalue weighted by atomic mass is 35.5. The number of rotatable bonds is 5. The lowest BCUT2D eigenvalue weighted by molar-refractivity contribution is -0.129. The Labute approximate surface area is 176 Å². The fraction of sp³-hybridized carbons (Fsp3) is 0.318. The summed E-state index contributed by atoms with van der Waals surface area (Å²) in [7, 11) is 3.45. The van der Waals surface area contributed by atoms with Gasteiger partial charge >= 0.3 is 6.03 Å². The topological polar surface area (TPSA) is 65.0 Å². The van der Waals surface area contributed by atoms with Crippen molar-refractivity contribution in [3.63, 3.8) is 0 Å². The summed E-state index contributed by atoms with van der Waals surface area (Å²) in [6, 6.07) is 14.7. The third-order valence-electron chi connectivity index (χ3n) is 4.92. The van der Waals surface area contributed by atoms with Crippen molar-refractivity contribution in [2.24, 2.45) is 11.0 Å². The van der Waals surface area contributed by atoms with Crippen LogP contribution in [0.25, 0.3) is 0 Å². The van der Waals surface area contributed by atoms with E-state index in [0.717, 1.165) is 12.0 Å². The lowest BCUT2D eigenvalue weighted by atomic mass is 9.94. The van der Waals surface area contributed by atoms with Crippen LogP contribution in [0.5, 0.6) is 0 Å². The molecule has 6 nitrogen and oxygen atoms in total. The maximum atomic E-state index is 12.8. The average Bonchev–Trinajstić information content (AvgIpc) is 3.13. The molecular formula is C22H25ClN4O2. The second-order valence-electron chi connectivity index (χ2n) is 7.24. The lowest BCUT2D eigenvalue weighted by Gasteiger charge is -2.17. The normalized spacial score (nSPS) is 15.8. The molecule has 3 rings (SSSR count). The van der Waals surface area contributed by atoms with Crippen molar-refractivity contribution in [1.29, 1.82) is 0 Å². The number of anilines is 1. The van der Waals surface area contributed by atoms with E-state index < -0.39 is 0 Å². The van der Waals surface area contributed by atoms with Crippen LogP contribution in [0, 0.1) is 5.92 Å². The first-order valence-corrected chi connectivity index (χ1v) is 9.97. The molecule has 1 aliphatic heterocycles. The first-order chi connectivity index (χ1) is 13.9. The Kier molecular flexibility index (Phi) is 6.54.